The fourth-order valence-corrected chi connectivity index (χ4v) is 3.54. The summed E-state index contributed by atoms with van der Waals surface area (Å²) < 4.78 is 0. The summed E-state index contributed by atoms with van der Waals surface area (Å²) in [7, 11) is 0. The first kappa shape index (κ1) is 18.8. The zero-order chi connectivity index (χ0) is 18.2. The molecule has 0 saturated carbocycles. The molecule has 2 aromatic heterocycles. The monoisotopic (exact) mass is 405 g/mol. The van der Waals surface area contributed by atoms with Gasteiger partial charge in [0.15, 0.2) is 5.82 Å². The fourth-order valence-electron chi connectivity index (χ4n) is 2.02. The van der Waals surface area contributed by atoms with Crippen LogP contribution < -0.4 is 5.32 Å². The van der Waals surface area contributed by atoms with Gasteiger partial charge in [-0.2, -0.15) is 0 Å². The van der Waals surface area contributed by atoms with Gasteiger partial charge in [0.1, 0.15) is 0 Å². The smallest absolute Gasteiger partial charge is 0.230 e. The topological polar surface area (TPSA) is 83.6 Å². The highest BCUT2D eigenvalue weighted by Gasteiger charge is 2.08. The number of hydrogen-bond donors (Lipinski definition) is 2. The van der Waals surface area contributed by atoms with Crippen molar-refractivity contribution in [3.8, 4) is 11.4 Å². The molecular weight excluding hydrogens is 390 g/mol. The molecule has 2 N–H and O–H groups in total. The molecule has 26 heavy (non-hydrogen) atoms. The van der Waals surface area contributed by atoms with Crippen molar-refractivity contribution in [2.45, 2.75) is 10.1 Å². The Bertz CT molecular complexity index is 842. The number of carbonyl (C=O) groups is 1. The Morgan fingerprint density at radius 1 is 1.12 bits per heavy atom. The van der Waals surface area contributed by atoms with Gasteiger partial charge in [0.05, 0.1) is 5.75 Å². The van der Waals surface area contributed by atoms with Crippen molar-refractivity contribution >= 4 is 41.0 Å². The lowest BCUT2D eigenvalue weighted by Crippen LogP contribution is -2.27. The predicted molar refractivity (Wildman–Crippen MR) is 106 cm³/mol. The van der Waals surface area contributed by atoms with Crippen LogP contribution in [0.5, 0.6) is 0 Å². The zero-order valence-electron chi connectivity index (χ0n) is 13.7. The van der Waals surface area contributed by atoms with E-state index in [0.717, 1.165) is 21.2 Å². The van der Waals surface area contributed by atoms with Crippen LogP contribution >= 0.6 is 35.1 Å². The molecule has 134 valence electrons. The molecule has 6 nitrogen and oxygen atoms in total. The minimum Gasteiger partial charge on any atom is -0.355 e. The fraction of sp³-hybridized carbons (Fsp3) is 0.176. The number of pyridine rings is 1. The van der Waals surface area contributed by atoms with Gasteiger partial charge in [-0.1, -0.05) is 23.4 Å². The first-order valence-corrected chi connectivity index (χ1v) is 10.2. The van der Waals surface area contributed by atoms with Gasteiger partial charge in [0.25, 0.3) is 0 Å². The van der Waals surface area contributed by atoms with E-state index in [1.54, 1.807) is 24.2 Å². The predicted octanol–water partition coefficient (Wildman–Crippen LogP) is 3.52. The molecule has 0 aliphatic rings. The van der Waals surface area contributed by atoms with Crippen molar-refractivity contribution in [1.29, 1.82) is 0 Å². The van der Waals surface area contributed by atoms with Crippen LogP contribution in [0.4, 0.5) is 0 Å². The second-order valence-corrected chi connectivity index (χ2v) is 7.69. The summed E-state index contributed by atoms with van der Waals surface area (Å²) in [6.07, 6.45) is 3.39. The van der Waals surface area contributed by atoms with E-state index in [9.17, 15) is 4.79 Å². The molecule has 0 fully saturated rings. The van der Waals surface area contributed by atoms with Gasteiger partial charge in [-0.05, 0) is 36.4 Å². The van der Waals surface area contributed by atoms with E-state index in [0.29, 0.717) is 17.5 Å². The van der Waals surface area contributed by atoms with Crippen molar-refractivity contribution in [3.63, 3.8) is 0 Å². The highest BCUT2D eigenvalue weighted by atomic mass is 35.5. The average Bonchev–Trinajstić information content (AvgIpc) is 3.15. The van der Waals surface area contributed by atoms with Crippen molar-refractivity contribution in [2.75, 3.05) is 18.1 Å². The summed E-state index contributed by atoms with van der Waals surface area (Å²) in [4.78, 5) is 21.4. The van der Waals surface area contributed by atoms with Crippen LogP contribution in [0.2, 0.25) is 5.02 Å². The molecular formula is C17H16ClN5OS2. The number of benzene rings is 1. The maximum Gasteiger partial charge on any atom is 0.230 e. The lowest BCUT2D eigenvalue weighted by Gasteiger charge is -2.04. The first-order chi connectivity index (χ1) is 12.7. The Kier molecular flexibility index (Phi) is 6.93. The first-order valence-electron chi connectivity index (χ1n) is 7.81. The van der Waals surface area contributed by atoms with Crippen LogP contribution in [0.15, 0.2) is 58.8 Å². The van der Waals surface area contributed by atoms with Gasteiger partial charge in [0, 0.05) is 40.2 Å². The Labute approximate surface area is 164 Å². The molecule has 3 aromatic rings. The number of aromatic nitrogens is 4. The van der Waals surface area contributed by atoms with Gasteiger partial charge >= 0.3 is 0 Å². The summed E-state index contributed by atoms with van der Waals surface area (Å²) >= 11 is 8.82. The molecule has 0 aliphatic carbocycles. The van der Waals surface area contributed by atoms with Gasteiger partial charge in [-0.3, -0.25) is 14.9 Å². The third-order valence-electron chi connectivity index (χ3n) is 3.26. The molecule has 3 rings (SSSR count). The van der Waals surface area contributed by atoms with Gasteiger partial charge < -0.3 is 5.32 Å². The van der Waals surface area contributed by atoms with E-state index in [2.05, 4.69) is 25.5 Å². The average molecular weight is 406 g/mol. The van der Waals surface area contributed by atoms with Gasteiger partial charge in [-0.15, -0.1) is 16.9 Å². The number of amides is 1. The van der Waals surface area contributed by atoms with Crippen LogP contribution in [0.25, 0.3) is 11.4 Å². The Morgan fingerprint density at radius 3 is 2.65 bits per heavy atom. The number of H-pyrrole nitrogens is 1. The molecule has 0 bridgehead atoms. The third-order valence-corrected chi connectivity index (χ3v) is 5.37. The van der Waals surface area contributed by atoms with Crippen molar-refractivity contribution in [1.82, 2.24) is 25.5 Å². The zero-order valence-corrected chi connectivity index (χ0v) is 16.1. The molecule has 1 amide bonds. The number of halogens is 1. The molecule has 0 radical (unpaired) electrons. The summed E-state index contributed by atoms with van der Waals surface area (Å²) in [5.41, 5.74) is 0.906. The Balaban J connectivity index is 1.36. The Morgan fingerprint density at radius 2 is 1.88 bits per heavy atom. The van der Waals surface area contributed by atoms with Crippen LogP contribution in [0.1, 0.15) is 0 Å². The summed E-state index contributed by atoms with van der Waals surface area (Å²) in [6, 6.07) is 11.3. The van der Waals surface area contributed by atoms with Crippen molar-refractivity contribution < 1.29 is 4.79 Å². The van der Waals surface area contributed by atoms with Crippen molar-refractivity contribution in [3.05, 3.63) is 53.8 Å². The minimum atomic E-state index is -0.0398. The molecule has 0 aliphatic heterocycles. The maximum atomic E-state index is 11.9. The Hall–Kier alpha value is -2.03. The van der Waals surface area contributed by atoms with Gasteiger partial charge in [0.2, 0.25) is 11.1 Å². The molecule has 1 aromatic carbocycles. The van der Waals surface area contributed by atoms with E-state index in [1.807, 2.05) is 36.4 Å². The summed E-state index contributed by atoms with van der Waals surface area (Å²) in [5, 5.41) is 11.1. The van der Waals surface area contributed by atoms with E-state index in [4.69, 9.17) is 11.6 Å². The van der Waals surface area contributed by atoms with Gasteiger partial charge in [-0.25, -0.2) is 4.98 Å². The molecule has 2 heterocycles. The molecule has 0 unspecified atom stereocenters. The molecule has 9 heteroatoms. The number of rotatable bonds is 8. The van der Waals surface area contributed by atoms with Crippen molar-refractivity contribution in [2.24, 2.45) is 0 Å². The number of nitrogens with zero attached hydrogens (tertiary/aromatic N) is 3. The van der Waals surface area contributed by atoms with Crippen LogP contribution in [-0.4, -0.2) is 44.1 Å². The maximum absolute atomic E-state index is 11.9. The van der Waals surface area contributed by atoms with E-state index < -0.39 is 0 Å². The van der Waals surface area contributed by atoms with Crippen LogP contribution in [-0.2, 0) is 4.79 Å². The standard InChI is InChI=1S/C17H16ClN5OS2/c18-13-1-3-14(4-2-13)25-10-9-20-15(24)11-26-17-21-16(22-23-17)12-5-7-19-8-6-12/h1-8H,9-11H2,(H,20,24)(H,21,22,23). The lowest BCUT2D eigenvalue weighted by atomic mass is 10.3. The second kappa shape index (κ2) is 9.61. The molecule has 0 spiro atoms. The number of aromatic amines is 1. The number of thioether (sulfide) groups is 2. The van der Waals surface area contributed by atoms with E-state index >= 15 is 0 Å². The third kappa shape index (κ3) is 5.76. The summed E-state index contributed by atoms with van der Waals surface area (Å²) in [6.45, 7) is 0.600. The quantitative estimate of drug-likeness (QED) is 0.440. The van der Waals surface area contributed by atoms with Crippen LogP contribution in [0, 0.1) is 0 Å². The second-order valence-electron chi connectivity index (χ2n) is 5.14. The largest absolute Gasteiger partial charge is 0.355 e. The SMILES string of the molecule is O=C(CSc1n[nH]c(-c2ccncc2)n1)NCCSc1ccc(Cl)cc1. The highest BCUT2D eigenvalue weighted by Crippen LogP contribution is 2.20. The van der Waals surface area contributed by atoms with E-state index in [1.165, 1.54) is 11.8 Å². The van der Waals surface area contributed by atoms with Crippen LogP contribution in [0.3, 0.4) is 0 Å². The minimum absolute atomic E-state index is 0.0398. The number of nitrogens with one attached hydrogen (secondary N) is 2. The normalized spacial score (nSPS) is 10.7. The highest BCUT2D eigenvalue weighted by molar-refractivity contribution is 7.99. The molecule has 0 saturated heterocycles. The van der Waals surface area contributed by atoms with E-state index in [-0.39, 0.29) is 11.7 Å². The summed E-state index contributed by atoms with van der Waals surface area (Å²) in [5.74, 6) is 1.70. The lowest BCUT2D eigenvalue weighted by molar-refractivity contribution is -0.118. The molecule has 0 atom stereocenters. The number of carbonyl (C=O) groups excluding carboxylic acids is 1. The number of hydrogen-bond acceptors (Lipinski definition) is 6.